The average Bonchev–Trinajstić information content (AvgIpc) is 2.68. The van der Waals surface area contributed by atoms with Gasteiger partial charge in [0.15, 0.2) is 0 Å². The maximum atomic E-state index is 5.60. The zero-order chi connectivity index (χ0) is 11.4. The SMILES string of the molecule is CNCc1ccccc1SC1CCOC1C. The van der Waals surface area contributed by atoms with E-state index in [0.717, 1.165) is 13.2 Å². The third-order valence-corrected chi connectivity index (χ3v) is 4.50. The average molecular weight is 237 g/mol. The molecule has 1 fully saturated rings. The molecule has 3 heteroatoms. The van der Waals surface area contributed by atoms with Crippen LogP contribution in [0, 0.1) is 0 Å². The monoisotopic (exact) mass is 237 g/mol. The predicted octanol–water partition coefficient (Wildman–Crippen LogP) is 2.68. The second kappa shape index (κ2) is 5.71. The normalized spacial score (nSPS) is 24.9. The molecule has 0 spiro atoms. The largest absolute Gasteiger partial charge is 0.377 e. The lowest BCUT2D eigenvalue weighted by molar-refractivity contribution is 0.127. The number of ether oxygens (including phenoxy) is 1. The first-order valence-electron chi connectivity index (χ1n) is 5.82. The lowest BCUT2D eigenvalue weighted by Crippen LogP contribution is -2.14. The molecule has 2 atom stereocenters. The first kappa shape index (κ1) is 12.0. The van der Waals surface area contributed by atoms with Crippen LogP contribution in [0.1, 0.15) is 18.9 Å². The van der Waals surface area contributed by atoms with E-state index in [-0.39, 0.29) is 0 Å². The summed E-state index contributed by atoms with van der Waals surface area (Å²) in [4.78, 5) is 1.39. The van der Waals surface area contributed by atoms with Gasteiger partial charge in [-0.25, -0.2) is 0 Å². The van der Waals surface area contributed by atoms with Crippen molar-refractivity contribution >= 4 is 11.8 Å². The quantitative estimate of drug-likeness (QED) is 0.870. The molecule has 1 aromatic rings. The summed E-state index contributed by atoms with van der Waals surface area (Å²) in [5.41, 5.74) is 1.38. The predicted molar refractivity (Wildman–Crippen MR) is 68.9 cm³/mol. The zero-order valence-electron chi connectivity index (χ0n) is 9.90. The lowest BCUT2D eigenvalue weighted by atomic mass is 10.2. The van der Waals surface area contributed by atoms with Gasteiger partial charge in [-0.2, -0.15) is 0 Å². The fourth-order valence-corrected chi connectivity index (χ4v) is 3.24. The summed E-state index contributed by atoms with van der Waals surface area (Å²) in [5, 5.41) is 3.83. The highest BCUT2D eigenvalue weighted by atomic mass is 32.2. The minimum absolute atomic E-state index is 0.382. The Morgan fingerprint density at radius 1 is 1.44 bits per heavy atom. The Morgan fingerprint density at radius 3 is 2.94 bits per heavy atom. The van der Waals surface area contributed by atoms with Crippen LogP contribution in [0.4, 0.5) is 0 Å². The number of nitrogens with one attached hydrogen (secondary N) is 1. The summed E-state index contributed by atoms with van der Waals surface area (Å²) in [6, 6.07) is 8.62. The molecule has 1 aliphatic heterocycles. The third kappa shape index (κ3) is 2.78. The molecule has 1 saturated heterocycles. The highest BCUT2D eigenvalue weighted by Gasteiger charge is 2.25. The molecule has 2 unspecified atom stereocenters. The number of benzene rings is 1. The van der Waals surface area contributed by atoms with Crippen LogP contribution in [0.5, 0.6) is 0 Å². The van der Waals surface area contributed by atoms with Crippen molar-refractivity contribution in [3.05, 3.63) is 29.8 Å². The molecule has 0 aliphatic carbocycles. The summed E-state index contributed by atoms with van der Waals surface area (Å²) in [6.07, 6.45) is 1.55. The maximum Gasteiger partial charge on any atom is 0.0669 e. The molecule has 1 aromatic carbocycles. The Kier molecular flexibility index (Phi) is 4.27. The molecule has 0 bridgehead atoms. The molecule has 0 saturated carbocycles. The summed E-state index contributed by atoms with van der Waals surface area (Å²) >= 11 is 1.96. The zero-order valence-corrected chi connectivity index (χ0v) is 10.7. The second-order valence-electron chi connectivity index (χ2n) is 4.16. The van der Waals surface area contributed by atoms with Gasteiger partial charge in [-0.15, -0.1) is 11.8 Å². The minimum Gasteiger partial charge on any atom is -0.377 e. The van der Waals surface area contributed by atoms with Crippen molar-refractivity contribution in [3.63, 3.8) is 0 Å². The van der Waals surface area contributed by atoms with Gasteiger partial charge >= 0.3 is 0 Å². The molecular weight excluding hydrogens is 218 g/mol. The standard InChI is InChI=1S/C13H19NOS/c1-10-12(7-8-15-10)16-13-6-4-3-5-11(13)9-14-2/h3-6,10,12,14H,7-9H2,1-2H3. The van der Waals surface area contributed by atoms with Crippen molar-refractivity contribution in [3.8, 4) is 0 Å². The van der Waals surface area contributed by atoms with E-state index in [2.05, 4.69) is 36.5 Å². The third-order valence-electron chi connectivity index (χ3n) is 2.92. The van der Waals surface area contributed by atoms with Crippen molar-refractivity contribution in [2.24, 2.45) is 0 Å². The topological polar surface area (TPSA) is 21.3 Å². The summed E-state index contributed by atoms with van der Waals surface area (Å²) < 4.78 is 5.60. The summed E-state index contributed by atoms with van der Waals surface area (Å²) in [5.74, 6) is 0. The minimum atomic E-state index is 0.382. The lowest BCUT2D eigenvalue weighted by Gasteiger charge is -2.16. The fraction of sp³-hybridized carbons (Fsp3) is 0.538. The Morgan fingerprint density at radius 2 is 2.25 bits per heavy atom. The van der Waals surface area contributed by atoms with Gasteiger partial charge in [0.1, 0.15) is 0 Å². The second-order valence-corrected chi connectivity index (χ2v) is 5.44. The van der Waals surface area contributed by atoms with Gasteiger partial charge in [0, 0.05) is 23.3 Å². The maximum absolute atomic E-state index is 5.60. The molecule has 0 radical (unpaired) electrons. The fourth-order valence-electron chi connectivity index (χ4n) is 1.99. The molecule has 2 nitrogen and oxygen atoms in total. The number of rotatable bonds is 4. The van der Waals surface area contributed by atoms with Crippen molar-refractivity contribution in [2.45, 2.75) is 36.1 Å². The van der Waals surface area contributed by atoms with Crippen LogP contribution in [0.25, 0.3) is 0 Å². The van der Waals surface area contributed by atoms with E-state index in [0.29, 0.717) is 11.4 Å². The number of thioether (sulfide) groups is 1. The molecule has 2 rings (SSSR count). The highest BCUT2D eigenvalue weighted by Crippen LogP contribution is 2.34. The van der Waals surface area contributed by atoms with Crippen LogP contribution in [0.3, 0.4) is 0 Å². The van der Waals surface area contributed by atoms with E-state index < -0.39 is 0 Å². The molecular formula is C13H19NOS. The molecule has 1 heterocycles. The Labute approximate surface area is 102 Å². The van der Waals surface area contributed by atoms with Crippen LogP contribution in [-0.2, 0) is 11.3 Å². The highest BCUT2D eigenvalue weighted by molar-refractivity contribution is 8.00. The van der Waals surface area contributed by atoms with Gasteiger partial charge in [0.25, 0.3) is 0 Å². The molecule has 88 valence electrons. The first-order valence-corrected chi connectivity index (χ1v) is 6.70. The van der Waals surface area contributed by atoms with E-state index in [1.165, 1.54) is 16.9 Å². The van der Waals surface area contributed by atoms with Crippen LogP contribution in [0.15, 0.2) is 29.2 Å². The van der Waals surface area contributed by atoms with E-state index in [4.69, 9.17) is 4.74 Å². The van der Waals surface area contributed by atoms with Crippen molar-refractivity contribution in [2.75, 3.05) is 13.7 Å². The van der Waals surface area contributed by atoms with Crippen LogP contribution < -0.4 is 5.32 Å². The van der Waals surface area contributed by atoms with Gasteiger partial charge in [0.05, 0.1) is 6.10 Å². The van der Waals surface area contributed by atoms with E-state index >= 15 is 0 Å². The van der Waals surface area contributed by atoms with E-state index in [9.17, 15) is 0 Å². The van der Waals surface area contributed by atoms with Crippen LogP contribution >= 0.6 is 11.8 Å². The molecule has 1 N–H and O–H groups in total. The van der Waals surface area contributed by atoms with Crippen molar-refractivity contribution in [1.82, 2.24) is 5.32 Å². The Hall–Kier alpha value is -0.510. The van der Waals surface area contributed by atoms with Gasteiger partial charge in [-0.05, 0) is 32.0 Å². The first-order chi connectivity index (χ1) is 7.81. The molecule has 0 aromatic heterocycles. The van der Waals surface area contributed by atoms with Gasteiger partial charge in [-0.1, -0.05) is 18.2 Å². The summed E-state index contributed by atoms with van der Waals surface area (Å²) in [7, 11) is 1.99. The van der Waals surface area contributed by atoms with Gasteiger partial charge in [0.2, 0.25) is 0 Å². The molecule has 1 aliphatic rings. The van der Waals surface area contributed by atoms with Gasteiger partial charge < -0.3 is 10.1 Å². The van der Waals surface area contributed by atoms with Gasteiger partial charge in [-0.3, -0.25) is 0 Å². The Balaban J connectivity index is 2.07. The van der Waals surface area contributed by atoms with Crippen LogP contribution in [-0.4, -0.2) is 25.0 Å². The molecule has 0 amide bonds. The van der Waals surface area contributed by atoms with Crippen LogP contribution in [0.2, 0.25) is 0 Å². The molecule has 16 heavy (non-hydrogen) atoms. The van der Waals surface area contributed by atoms with E-state index in [1.807, 2.05) is 18.8 Å². The summed E-state index contributed by atoms with van der Waals surface area (Å²) in [6.45, 7) is 4.02. The Bertz CT molecular complexity index is 342. The van der Waals surface area contributed by atoms with Crippen molar-refractivity contribution in [1.29, 1.82) is 0 Å². The van der Waals surface area contributed by atoms with Crippen molar-refractivity contribution < 1.29 is 4.74 Å². The number of hydrogen-bond donors (Lipinski definition) is 1. The van der Waals surface area contributed by atoms with E-state index in [1.54, 1.807) is 0 Å². The smallest absolute Gasteiger partial charge is 0.0669 e. The number of hydrogen-bond acceptors (Lipinski definition) is 3.